The van der Waals surface area contributed by atoms with Crippen molar-refractivity contribution in [1.82, 2.24) is 5.32 Å². The highest BCUT2D eigenvalue weighted by molar-refractivity contribution is 5.95. The minimum atomic E-state index is -0.157. The molecule has 0 radical (unpaired) electrons. The predicted octanol–water partition coefficient (Wildman–Crippen LogP) is 2.77. The molecule has 2 aromatic rings. The molecule has 0 saturated carbocycles. The van der Waals surface area contributed by atoms with Crippen molar-refractivity contribution in [2.24, 2.45) is 0 Å². The number of ether oxygens (including phenoxy) is 1. The van der Waals surface area contributed by atoms with Crippen LogP contribution in [0.3, 0.4) is 0 Å². The summed E-state index contributed by atoms with van der Waals surface area (Å²) < 4.78 is 5.30. The van der Waals surface area contributed by atoms with Crippen LogP contribution >= 0.6 is 0 Å². The molecule has 4 nitrogen and oxygen atoms in total. The summed E-state index contributed by atoms with van der Waals surface area (Å²) >= 11 is 0. The van der Waals surface area contributed by atoms with Crippen LogP contribution in [0.1, 0.15) is 28.9 Å². The molecule has 0 aromatic heterocycles. The van der Waals surface area contributed by atoms with Gasteiger partial charge in [0.1, 0.15) is 5.75 Å². The molecule has 0 aliphatic carbocycles. The van der Waals surface area contributed by atoms with E-state index in [4.69, 9.17) is 10.5 Å². The average Bonchev–Trinajstić information content (AvgIpc) is 2.47. The third kappa shape index (κ3) is 3.09. The smallest absolute Gasteiger partial charge is 0.251 e. The Balaban J connectivity index is 2.15. The highest BCUT2D eigenvalue weighted by atomic mass is 16.5. The molecule has 2 aromatic carbocycles. The molecule has 4 heteroatoms. The Bertz CT molecular complexity index is 611. The van der Waals surface area contributed by atoms with E-state index in [1.54, 1.807) is 31.4 Å². The van der Waals surface area contributed by atoms with Gasteiger partial charge in [-0.05, 0) is 31.2 Å². The first kappa shape index (κ1) is 13.9. The topological polar surface area (TPSA) is 64.3 Å². The number of benzene rings is 2. The fraction of sp³-hybridized carbons (Fsp3) is 0.188. The lowest BCUT2D eigenvalue weighted by Crippen LogP contribution is -2.27. The number of methoxy groups -OCH3 is 1. The van der Waals surface area contributed by atoms with Crippen molar-refractivity contribution in [3.63, 3.8) is 0 Å². The van der Waals surface area contributed by atoms with Gasteiger partial charge in [-0.15, -0.1) is 0 Å². The van der Waals surface area contributed by atoms with Crippen molar-refractivity contribution in [2.75, 3.05) is 12.8 Å². The van der Waals surface area contributed by atoms with E-state index in [-0.39, 0.29) is 11.9 Å². The zero-order valence-corrected chi connectivity index (χ0v) is 11.6. The van der Waals surface area contributed by atoms with Gasteiger partial charge in [0, 0.05) is 16.8 Å². The second kappa shape index (κ2) is 6.10. The van der Waals surface area contributed by atoms with Crippen LogP contribution in [-0.2, 0) is 0 Å². The molecule has 1 atom stereocenters. The van der Waals surface area contributed by atoms with Crippen LogP contribution < -0.4 is 15.8 Å². The van der Waals surface area contributed by atoms with Gasteiger partial charge in [-0.3, -0.25) is 4.79 Å². The molecule has 0 bridgehead atoms. The highest BCUT2D eigenvalue weighted by Gasteiger charge is 2.14. The molecular weight excluding hydrogens is 252 g/mol. The van der Waals surface area contributed by atoms with Crippen LogP contribution in [0.5, 0.6) is 5.75 Å². The zero-order chi connectivity index (χ0) is 14.5. The molecule has 0 heterocycles. The molecule has 0 aliphatic rings. The van der Waals surface area contributed by atoms with Crippen molar-refractivity contribution in [2.45, 2.75) is 13.0 Å². The lowest BCUT2D eigenvalue weighted by atomic mass is 10.1. The first-order chi connectivity index (χ1) is 9.61. The summed E-state index contributed by atoms with van der Waals surface area (Å²) in [5.41, 5.74) is 7.74. The molecule has 0 spiro atoms. The third-order valence-electron chi connectivity index (χ3n) is 3.10. The molecule has 2 rings (SSSR count). The first-order valence-corrected chi connectivity index (χ1v) is 6.41. The number of amides is 1. The standard InChI is InChI=1S/C16H18N2O2/c1-11(14-8-3-4-9-15(14)20-2)18-16(19)12-6-5-7-13(17)10-12/h3-11H,17H2,1-2H3,(H,18,19). The van der Waals surface area contributed by atoms with Gasteiger partial charge in [-0.2, -0.15) is 0 Å². The Morgan fingerprint density at radius 2 is 1.95 bits per heavy atom. The molecule has 0 saturated heterocycles. The summed E-state index contributed by atoms with van der Waals surface area (Å²) in [6, 6.07) is 14.4. The molecular formula is C16H18N2O2. The van der Waals surface area contributed by atoms with Crippen LogP contribution in [0.2, 0.25) is 0 Å². The summed E-state index contributed by atoms with van der Waals surface area (Å²) in [6.07, 6.45) is 0. The van der Waals surface area contributed by atoms with Gasteiger partial charge < -0.3 is 15.8 Å². The minimum absolute atomic E-state index is 0.153. The number of rotatable bonds is 4. The number of carbonyl (C=O) groups is 1. The van der Waals surface area contributed by atoms with Crippen LogP contribution in [0.4, 0.5) is 5.69 Å². The Morgan fingerprint density at radius 3 is 2.65 bits per heavy atom. The van der Waals surface area contributed by atoms with Crippen molar-refractivity contribution in [1.29, 1.82) is 0 Å². The normalized spacial score (nSPS) is 11.7. The van der Waals surface area contributed by atoms with E-state index in [1.165, 1.54) is 0 Å². The van der Waals surface area contributed by atoms with Gasteiger partial charge in [0.05, 0.1) is 13.2 Å². The number of carbonyl (C=O) groups excluding carboxylic acids is 1. The van der Waals surface area contributed by atoms with Crippen molar-refractivity contribution in [3.05, 3.63) is 59.7 Å². The van der Waals surface area contributed by atoms with Gasteiger partial charge in [0.15, 0.2) is 0 Å². The molecule has 20 heavy (non-hydrogen) atoms. The molecule has 3 N–H and O–H groups in total. The lowest BCUT2D eigenvalue weighted by molar-refractivity contribution is 0.0939. The van der Waals surface area contributed by atoms with Crippen molar-refractivity contribution in [3.8, 4) is 5.75 Å². The van der Waals surface area contributed by atoms with Crippen LogP contribution in [0.15, 0.2) is 48.5 Å². The summed E-state index contributed by atoms with van der Waals surface area (Å²) in [5.74, 6) is 0.601. The van der Waals surface area contributed by atoms with E-state index in [0.717, 1.165) is 11.3 Å². The van der Waals surface area contributed by atoms with Crippen LogP contribution in [0, 0.1) is 0 Å². The molecule has 0 aliphatic heterocycles. The maximum absolute atomic E-state index is 12.2. The van der Waals surface area contributed by atoms with Gasteiger partial charge in [0.2, 0.25) is 0 Å². The fourth-order valence-electron chi connectivity index (χ4n) is 2.06. The zero-order valence-electron chi connectivity index (χ0n) is 11.6. The maximum atomic E-state index is 12.2. The van der Waals surface area contributed by atoms with Gasteiger partial charge in [-0.1, -0.05) is 24.3 Å². The predicted molar refractivity (Wildman–Crippen MR) is 79.7 cm³/mol. The van der Waals surface area contributed by atoms with E-state index in [2.05, 4.69) is 5.32 Å². The Kier molecular flexibility index (Phi) is 4.25. The number of nitrogens with one attached hydrogen (secondary N) is 1. The highest BCUT2D eigenvalue weighted by Crippen LogP contribution is 2.24. The average molecular weight is 270 g/mol. The molecule has 1 unspecified atom stereocenters. The molecule has 1 amide bonds. The lowest BCUT2D eigenvalue weighted by Gasteiger charge is -2.17. The monoisotopic (exact) mass is 270 g/mol. The van der Waals surface area contributed by atoms with E-state index < -0.39 is 0 Å². The summed E-state index contributed by atoms with van der Waals surface area (Å²) in [4.78, 5) is 12.2. The van der Waals surface area contributed by atoms with Crippen molar-refractivity contribution < 1.29 is 9.53 Å². The van der Waals surface area contributed by atoms with Crippen LogP contribution in [0.25, 0.3) is 0 Å². The summed E-state index contributed by atoms with van der Waals surface area (Å²) in [5, 5.41) is 2.94. The largest absolute Gasteiger partial charge is 0.496 e. The second-order valence-corrected chi connectivity index (χ2v) is 4.56. The molecule has 104 valence electrons. The fourth-order valence-corrected chi connectivity index (χ4v) is 2.06. The number of para-hydroxylation sites is 1. The Labute approximate surface area is 118 Å². The second-order valence-electron chi connectivity index (χ2n) is 4.56. The number of nitrogens with two attached hydrogens (primary N) is 1. The first-order valence-electron chi connectivity index (χ1n) is 6.41. The van der Waals surface area contributed by atoms with E-state index >= 15 is 0 Å². The summed E-state index contributed by atoms with van der Waals surface area (Å²) in [6.45, 7) is 1.92. The van der Waals surface area contributed by atoms with Crippen LogP contribution in [-0.4, -0.2) is 13.0 Å². The number of anilines is 1. The quantitative estimate of drug-likeness (QED) is 0.840. The number of hydrogen-bond donors (Lipinski definition) is 2. The van der Waals surface area contributed by atoms with Gasteiger partial charge in [-0.25, -0.2) is 0 Å². The van der Waals surface area contributed by atoms with Crippen molar-refractivity contribution >= 4 is 11.6 Å². The minimum Gasteiger partial charge on any atom is -0.496 e. The SMILES string of the molecule is COc1ccccc1C(C)NC(=O)c1cccc(N)c1. The third-order valence-corrected chi connectivity index (χ3v) is 3.10. The number of hydrogen-bond acceptors (Lipinski definition) is 3. The molecule has 0 fully saturated rings. The van der Waals surface area contributed by atoms with E-state index in [9.17, 15) is 4.79 Å². The Morgan fingerprint density at radius 1 is 1.20 bits per heavy atom. The van der Waals surface area contributed by atoms with E-state index in [0.29, 0.717) is 11.3 Å². The maximum Gasteiger partial charge on any atom is 0.251 e. The van der Waals surface area contributed by atoms with Gasteiger partial charge in [0.25, 0.3) is 5.91 Å². The summed E-state index contributed by atoms with van der Waals surface area (Å²) in [7, 11) is 1.62. The van der Waals surface area contributed by atoms with E-state index in [1.807, 2.05) is 31.2 Å². The van der Waals surface area contributed by atoms with Gasteiger partial charge >= 0.3 is 0 Å². The Hall–Kier alpha value is -2.49. The number of nitrogen functional groups attached to an aromatic ring is 1.